The molecule has 0 spiro atoms. The van der Waals surface area contributed by atoms with Gasteiger partial charge in [-0.15, -0.1) is 0 Å². The molecule has 1 aromatic rings. The van der Waals surface area contributed by atoms with Crippen LogP contribution in [0.1, 0.15) is 37.3 Å². The van der Waals surface area contributed by atoms with Crippen molar-refractivity contribution in [1.29, 1.82) is 0 Å². The van der Waals surface area contributed by atoms with Crippen LogP contribution in [0.3, 0.4) is 0 Å². The second-order valence-corrected chi connectivity index (χ2v) is 5.96. The summed E-state index contributed by atoms with van der Waals surface area (Å²) < 4.78 is 0. The molecule has 0 radical (unpaired) electrons. The molecular weight excluding hydrogens is 260 g/mol. The number of piperidine rings is 1. The molecule has 2 unspecified atom stereocenters. The normalized spacial score (nSPS) is 24.9. The Balaban J connectivity index is 1.74. The fourth-order valence-electron chi connectivity index (χ4n) is 2.75. The van der Waals surface area contributed by atoms with Crippen molar-refractivity contribution in [3.8, 4) is 0 Å². The van der Waals surface area contributed by atoms with Gasteiger partial charge in [-0.2, -0.15) is 0 Å². The number of rotatable bonds is 4. The topological polar surface area (TPSA) is 41.1 Å². The van der Waals surface area contributed by atoms with Crippen LogP contribution in [0.15, 0.2) is 24.3 Å². The zero-order chi connectivity index (χ0) is 13.2. The van der Waals surface area contributed by atoms with Crippen molar-refractivity contribution in [2.45, 2.75) is 37.8 Å². The number of hydrogen-bond acceptors (Lipinski definition) is 2. The predicted octanol–water partition coefficient (Wildman–Crippen LogP) is 2.66. The van der Waals surface area contributed by atoms with Crippen LogP contribution in [0.2, 0.25) is 5.02 Å². The van der Waals surface area contributed by atoms with Gasteiger partial charge in [0.2, 0.25) is 5.91 Å². The van der Waals surface area contributed by atoms with Crippen molar-refractivity contribution in [1.82, 2.24) is 10.6 Å². The lowest BCUT2D eigenvalue weighted by atomic mass is 9.99. The van der Waals surface area contributed by atoms with E-state index in [0.29, 0.717) is 5.92 Å². The first-order valence-electron chi connectivity index (χ1n) is 7.03. The molecule has 19 heavy (non-hydrogen) atoms. The number of amides is 1. The van der Waals surface area contributed by atoms with E-state index in [0.717, 1.165) is 24.4 Å². The van der Waals surface area contributed by atoms with Crippen LogP contribution in [0.4, 0.5) is 0 Å². The van der Waals surface area contributed by atoms with Crippen LogP contribution in [-0.4, -0.2) is 18.5 Å². The number of halogens is 1. The summed E-state index contributed by atoms with van der Waals surface area (Å²) in [5.74, 6) is 0.807. The maximum Gasteiger partial charge on any atom is 0.237 e. The summed E-state index contributed by atoms with van der Waals surface area (Å²) in [6.07, 6.45) is 4.48. The van der Waals surface area contributed by atoms with E-state index < -0.39 is 0 Å². The molecule has 1 saturated heterocycles. The number of carbonyl (C=O) groups excluding carboxylic acids is 1. The standard InChI is InChI=1S/C15H19ClN2O/c16-12-7-5-11(6-8-12)14(10-3-4-10)18-13-2-1-9-17-15(13)19/h5-8,10,13-14,18H,1-4,9H2,(H,17,19). The highest BCUT2D eigenvalue weighted by atomic mass is 35.5. The minimum absolute atomic E-state index is 0.0463. The largest absolute Gasteiger partial charge is 0.355 e. The average molecular weight is 279 g/mol. The Morgan fingerprint density at radius 3 is 2.58 bits per heavy atom. The molecular formula is C15H19ClN2O. The molecule has 1 aromatic carbocycles. The number of carbonyl (C=O) groups is 1. The second-order valence-electron chi connectivity index (χ2n) is 5.52. The first-order chi connectivity index (χ1) is 9.24. The first kappa shape index (κ1) is 12.9. The van der Waals surface area contributed by atoms with Gasteiger partial charge >= 0.3 is 0 Å². The van der Waals surface area contributed by atoms with Gasteiger partial charge in [-0.05, 0) is 49.3 Å². The molecule has 2 atom stereocenters. The number of hydrogen-bond donors (Lipinski definition) is 2. The van der Waals surface area contributed by atoms with Gasteiger partial charge in [0.25, 0.3) is 0 Å². The summed E-state index contributed by atoms with van der Waals surface area (Å²) in [5, 5.41) is 7.24. The van der Waals surface area contributed by atoms with E-state index in [1.54, 1.807) is 0 Å². The maximum absolute atomic E-state index is 11.9. The molecule has 1 aliphatic carbocycles. The van der Waals surface area contributed by atoms with Gasteiger partial charge in [0, 0.05) is 17.6 Å². The molecule has 3 nitrogen and oxygen atoms in total. The van der Waals surface area contributed by atoms with E-state index in [9.17, 15) is 4.79 Å². The van der Waals surface area contributed by atoms with E-state index >= 15 is 0 Å². The fourth-order valence-corrected chi connectivity index (χ4v) is 2.88. The highest BCUT2D eigenvalue weighted by molar-refractivity contribution is 6.30. The molecule has 1 saturated carbocycles. The Labute approximate surface area is 118 Å². The maximum atomic E-state index is 11.9. The minimum Gasteiger partial charge on any atom is -0.355 e. The third-order valence-electron chi connectivity index (χ3n) is 3.99. The van der Waals surface area contributed by atoms with Crippen molar-refractivity contribution >= 4 is 17.5 Å². The Morgan fingerprint density at radius 1 is 1.21 bits per heavy atom. The highest BCUT2D eigenvalue weighted by Crippen LogP contribution is 2.41. The van der Waals surface area contributed by atoms with Gasteiger partial charge in [-0.1, -0.05) is 23.7 Å². The number of benzene rings is 1. The predicted molar refractivity (Wildman–Crippen MR) is 76.1 cm³/mol. The van der Waals surface area contributed by atoms with Gasteiger partial charge in [-0.25, -0.2) is 0 Å². The minimum atomic E-state index is -0.0463. The van der Waals surface area contributed by atoms with Crippen LogP contribution in [0, 0.1) is 5.92 Å². The summed E-state index contributed by atoms with van der Waals surface area (Å²) in [4.78, 5) is 11.9. The molecule has 1 amide bonds. The SMILES string of the molecule is O=C1NCCCC1NC(c1ccc(Cl)cc1)C1CC1. The Hall–Kier alpha value is -1.06. The van der Waals surface area contributed by atoms with Crippen LogP contribution in [0.5, 0.6) is 0 Å². The average Bonchev–Trinajstić information content (AvgIpc) is 3.24. The van der Waals surface area contributed by atoms with Crippen LogP contribution >= 0.6 is 11.6 Å². The molecule has 2 aliphatic rings. The van der Waals surface area contributed by atoms with E-state index in [-0.39, 0.29) is 18.0 Å². The highest BCUT2D eigenvalue weighted by Gasteiger charge is 2.35. The summed E-state index contributed by atoms with van der Waals surface area (Å²) >= 11 is 5.94. The number of nitrogens with one attached hydrogen (secondary N) is 2. The zero-order valence-electron chi connectivity index (χ0n) is 10.9. The van der Waals surface area contributed by atoms with E-state index in [1.165, 1.54) is 18.4 Å². The molecule has 0 aromatic heterocycles. The van der Waals surface area contributed by atoms with Crippen LogP contribution in [-0.2, 0) is 4.79 Å². The molecule has 1 aliphatic heterocycles. The third kappa shape index (κ3) is 3.10. The zero-order valence-corrected chi connectivity index (χ0v) is 11.6. The van der Waals surface area contributed by atoms with Crippen molar-refractivity contribution in [2.24, 2.45) is 5.92 Å². The second kappa shape index (κ2) is 5.51. The lowest BCUT2D eigenvalue weighted by Crippen LogP contribution is -2.49. The van der Waals surface area contributed by atoms with Crippen molar-refractivity contribution in [3.63, 3.8) is 0 Å². The lowest BCUT2D eigenvalue weighted by molar-refractivity contribution is -0.124. The summed E-state index contributed by atoms with van der Waals surface area (Å²) in [5.41, 5.74) is 1.24. The lowest BCUT2D eigenvalue weighted by Gasteiger charge is -2.28. The first-order valence-corrected chi connectivity index (χ1v) is 7.41. The Kier molecular flexibility index (Phi) is 3.76. The van der Waals surface area contributed by atoms with E-state index in [1.807, 2.05) is 12.1 Å². The van der Waals surface area contributed by atoms with Crippen molar-refractivity contribution in [2.75, 3.05) is 6.54 Å². The van der Waals surface area contributed by atoms with Gasteiger partial charge < -0.3 is 5.32 Å². The van der Waals surface area contributed by atoms with E-state index in [4.69, 9.17) is 11.6 Å². The fraction of sp³-hybridized carbons (Fsp3) is 0.533. The molecule has 3 rings (SSSR count). The van der Waals surface area contributed by atoms with Gasteiger partial charge in [0.1, 0.15) is 0 Å². The van der Waals surface area contributed by atoms with Crippen LogP contribution in [0.25, 0.3) is 0 Å². The van der Waals surface area contributed by atoms with Gasteiger partial charge in [0.15, 0.2) is 0 Å². The molecule has 4 heteroatoms. The summed E-state index contributed by atoms with van der Waals surface area (Å²) in [6.45, 7) is 0.812. The molecule has 1 heterocycles. The van der Waals surface area contributed by atoms with E-state index in [2.05, 4.69) is 22.8 Å². The smallest absolute Gasteiger partial charge is 0.237 e. The molecule has 2 N–H and O–H groups in total. The van der Waals surface area contributed by atoms with Crippen LogP contribution < -0.4 is 10.6 Å². The van der Waals surface area contributed by atoms with Crippen molar-refractivity contribution < 1.29 is 4.79 Å². The Morgan fingerprint density at radius 2 is 1.95 bits per heavy atom. The Bertz CT molecular complexity index is 456. The monoisotopic (exact) mass is 278 g/mol. The molecule has 0 bridgehead atoms. The summed E-state index contributed by atoms with van der Waals surface area (Å²) in [7, 11) is 0. The molecule has 102 valence electrons. The van der Waals surface area contributed by atoms with Gasteiger partial charge in [-0.3, -0.25) is 10.1 Å². The quantitative estimate of drug-likeness (QED) is 0.889. The third-order valence-corrected chi connectivity index (χ3v) is 4.24. The summed E-state index contributed by atoms with van der Waals surface area (Å²) in [6, 6.07) is 8.23. The van der Waals surface area contributed by atoms with Crippen molar-refractivity contribution in [3.05, 3.63) is 34.9 Å². The van der Waals surface area contributed by atoms with Gasteiger partial charge in [0.05, 0.1) is 6.04 Å². The molecule has 2 fully saturated rings.